The van der Waals surface area contributed by atoms with Crippen LogP contribution in [0, 0.1) is 6.92 Å². The van der Waals surface area contributed by atoms with Gasteiger partial charge in [0.15, 0.2) is 0 Å². The van der Waals surface area contributed by atoms with Crippen LogP contribution in [0.15, 0.2) is 24.3 Å². The molecule has 1 aliphatic heterocycles. The van der Waals surface area contributed by atoms with Gasteiger partial charge in [-0.15, -0.1) is 0 Å². The van der Waals surface area contributed by atoms with Crippen molar-refractivity contribution in [2.24, 2.45) is 0 Å². The van der Waals surface area contributed by atoms with E-state index in [0.717, 1.165) is 11.3 Å². The third kappa shape index (κ3) is 1.92. The van der Waals surface area contributed by atoms with Gasteiger partial charge >= 0.3 is 0 Å². The highest BCUT2D eigenvalue weighted by atomic mass is 32.2. The first-order chi connectivity index (χ1) is 7.09. The van der Waals surface area contributed by atoms with Crippen LogP contribution in [0.2, 0.25) is 0 Å². The summed E-state index contributed by atoms with van der Waals surface area (Å²) in [6.07, 6.45) is 0. The lowest BCUT2D eigenvalue weighted by molar-refractivity contribution is -0.116. The van der Waals surface area contributed by atoms with E-state index < -0.39 is 0 Å². The van der Waals surface area contributed by atoms with Gasteiger partial charge in [0.25, 0.3) is 0 Å². The van der Waals surface area contributed by atoms with Crippen molar-refractivity contribution >= 4 is 39.9 Å². The fraction of sp³-hybridized carbons (Fsp3) is 0.273. The zero-order valence-corrected chi connectivity index (χ0v) is 10.2. The lowest BCUT2D eigenvalue weighted by Crippen LogP contribution is -2.30. The normalized spacial score (nSPS) is 21.2. The van der Waals surface area contributed by atoms with Crippen LogP contribution in [0.1, 0.15) is 12.5 Å². The number of amides is 1. The van der Waals surface area contributed by atoms with Crippen molar-refractivity contribution in [1.29, 1.82) is 0 Å². The number of benzene rings is 1. The molecule has 0 spiro atoms. The molecular weight excluding hydrogens is 226 g/mol. The average molecular weight is 237 g/mol. The molecular formula is C11H11NOS2. The van der Waals surface area contributed by atoms with Crippen LogP contribution >= 0.6 is 24.0 Å². The Morgan fingerprint density at radius 1 is 1.47 bits per heavy atom. The molecule has 0 radical (unpaired) electrons. The quantitative estimate of drug-likeness (QED) is 0.700. The number of rotatable bonds is 1. The highest BCUT2D eigenvalue weighted by Gasteiger charge is 2.34. The standard InChI is InChI=1S/C11H11NOS2/c1-7-4-3-5-9(6-7)12-10(13)8(2)15-11(12)14/h3-6,8H,1-2H3. The summed E-state index contributed by atoms with van der Waals surface area (Å²) >= 11 is 6.63. The molecule has 4 heteroatoms. The minimum atomic E-state index is -0.0574. The van der Waals surface area contributed by atoms with Crippen molar-refractivity contribution in [3.8, 4) is 0 Å². The fourth-order valence-electron chi connectivity index (χ4n) is 1.53. The van der Waals surface area contributed by atoms with Crippen molar-refractivity contribution < 1.29 is 4.79 Å². The van der Waals surface area contributed by atoms with Gasteiger partial charge in [-0.3, -0.25) is 9.69 Å². The fourth-order valence-corrected chi connectivity index (χ4v) is 2.96. The number of anilines is 1. The second-order valence-corrected chi connectivity index (χ2v) is 5.51. The molecule has 0 N–H and O–H groups in total. The highest BCUT2D eigenvalue weighted by Crippen LogP contribution is 2.31. The minimum absolute atomic E-state index is 0.0574. The molecule has 0 aliphatic carbocycles. The zero-order chi connectivity index (χ0) is 11.0. The van der Waals surface area contributed by atoms with E-state index in [1.54, 1.807) is 4.90 Å². The Balaban J connectivity index is 2.39. The third-order valence-corrected chi connectivity index (χ3v) is 3.70. The van der Waals surface area contributed by atoms with Crippen LogP contribution in [0.4, 0.5) is 5.69 Å². The summed E-state index contributed by atoms with van der Waals surface area (Å²) in [5.41, 5.74) is 2.01. The first-order valence-electron chi connectivity index (χ1n) is 4.71. The Hall–Kier alpha value is -0.870. The average Bonchev–Trinajstić information content (AvgIpc) is 2.41. The van der Waals surface area contributed by atoms with E-state index in [1.165, 1.54) is 11.8 Å². The Labute approximate surface area is 98.7 Å². The SMILES string of the molecule is Cc1cccc(N2C(=O)C(C)SC2=S)c1. The summed E-state index contributed by atoms with van der Waals surface area (Å²) in [4.78, 5) is 13.5. The number of aryl methyl sites for hydroxylation is 1. The van der Waals surface area contributed by atoms with Crippen LogP contribution in [-0.2, 0) is 4.79 Å². The molecule has 2 rings (SSSR count). The van der Waals surface area contributed by atoms with Crippen LogP contribution in [0.3, 0.4) is 0 Å². The van der Waals surface area contributed by atoms with Gasteiger partial charge < -0.3 is 0 Å². The zero-order valence-electron chi connectivity index (χ0n) is 8.56. The molecule has 15 heavy (non-hydrogen) atoms. The lowest BCUT2D eigenvalue weighted by atomic mass is 10.2. The molecule has 0 bridgehead atoms. The topological polar surface area (TPSA) is 20.3 Å². The highest BCUT2D eigenvalue weighted by molar-refractivity contribution is 8.25. The predicted molar refractivity (Wildman–Crippen MR) is 68.3 cm³/mol. The summed E-state index contributed by atoms with van der Waals surface area (Å²) in [7, 11) is 0. The van der Waals surface area contributed by atoms with Gasteiger partial charge in [-0.1, -0.05) is 36.1 Å². The summed E-state index contributed by atoms with van der Waals surface area (Å²) in [6, 6.07) is 7.83. The lowest BCUT2D eigenvalue weighted by Gasteiger charge is -2.15. The number of hydrogen-bond donors (Lipinski definition) is 0. The van der Waals surface area contributed by atoms with Gasteiger partial charge in [0.1, 0.15) is 4.32 Å². The number of nitrogens with zero attached hydrogens (tertiary/aromatic N) is 1. The molecule has 1 aliphatic rings. The monoisotopic (exact) mass is 237 g/mol. The van der Waals surface area contributed by atoms with Crippen molar-refractivity contribution in [3.63, 3.8) is 0 Å². The number of carbonyl (C=O) groups is 1. The maximum Gasteiger partial charge on any atom is 0.245 e. The van der Waals surface area contributed by atoms with Gasteiger partial charge in [0.05, 0.1) is 10.9 Å². The van der Waals surface area contributed by atoms with E-state index in [-0.39, 0.29) is 11.2 Å². The van der Waals surface area contributed by atoms with E-state index in [0.29, 0.717) is 4.32 Å². The molecule has 1 amide bonds. The van der Waals surface area contributed by atoms with Crippen LogP contribution in [0.25, 0.3) is 0 Å². The minimum Gasteiger partial charge on any atom is -0.273 e. The van der Waals surface area contributed by atoms with Gasteiger partial charge in [0.2, 0.25) is 5.91 Å². The van der Waals surface area contributed by atoms with Gasteiger partial charge in [-0.05, 0) is 31.5 Å². The van der Waals surface area contributed by atoms with E-state index >= 15 is 0 Å². The molecule has 1 aromatic carbocycles. The second-order valence-electron chi connectivity index (χ2n) is 3.54. The molecule has 1 unspecified atom stereocenters. The molecule has 0 saturated carbocycles. The Morgan fingerprint density at radius 3 is 2.73 bits per heavy atom. The van der Waals surface area contributed by atoms with Crippen molar-refractivity contribution in [2.75, 3.05) is 4.90 Å². The van der Waals surface area contributed by atoms with Gasteiger partial charge in [-0.2, -0.15) is 0 Å². The van der Waals surface area contributed by atoms with Crippen LogP contribution in [0.5, 0.6) is 0 Å². The van der Waals surface area contributed by atoms with E-state index in [1.807, 2.05) is 38.1 Å². The third-order valence-electron chi connectivity index (χ3n) is 2.29. The molecule has 1 heterocycles. The number of thioether (sulfide) groups is 1. The van der Waals surface area contributed by atoms with Crippen LogP contribution in [-0.4, -0.2) is 15.5 Å². The molecule has 1 saturated heterocycles. The predicted octanol–water partition coefficient (Wildman–Crippen LogP) is 2.75. The second kappa shape index (κ2) is 3.94. The molecule has 1 atom stereocenters. The molecule has 2 nitrogen and oxygen atoms in total. The Bertz CT molecular complexity index is 430. The number of hydrogen-bond acceptors (Lipinski definition) is 3. The maximum atomic E-state index is 11.8. The van der Waals surface area contributed by atoms with Crippen molar-refractivity contribution in [1.82, 2.24) is 0 Å². The van der Waals surface area contributed by atoms with E-state index in [2.05, 4.69) is 0 Å². The van der Waals surface area contributed by atoms with Crippen molar-refractivity contribution in [2.45, 2.75) is 19.1 Å². The first-order valence-corrected chi connectivity index (χ1v) is 5.99. The summed E-state index contributed by atoms with van der Waals surface area (Å²) in [5, 5.41) is -0.0574. The first kappa shape index (κ1) is 10.6. The van der Waals surface area contributed by atoms with E-state index in [9.17, 15) is 4.79 Å². The Morgan fingerprint density at radius 2 is 2.20 bits per heavy atom. The maximum absolute atomic E-state index is 11.8. The van der Waals surface area contributed by atoms with E-state index in [4.69, 9.17) is 12.2 Å². The van der Waals surface area contributed by atoms with Gasteiger partial charge in [0, 0.05) is 0 Å². The summed E-state index contributed by atoms with van der Waals surface area (Å²) < 4.78 is 0.651. The summed E-state index contributed by atoms with van der Waals surface area (Å²) in [5.74, 6) is 0.0793. The molecule has 1 aromatic rings. The van der Waals surface area contributed by atoms with Crippen LogP contribution < -0.4 is 4.90 Å². The number of thiocarbonyl (C=S) groups is 1. The van der Waals surface area contributed by atoms with Crippen molar-refractivity contribution in [3.05, 3.63) is 29.8 Å². The Kier molecular flexibility index (Phi) is 2.80. The number of carbonyl (C=O) groups excluding carboxylic acids is 1. The molecule has 0 aromatic heterocycles. The summed E-state index contributed by atoms with van der Waals surface area (Å²) in [6.45, 7) is 3.89. The molecule has 78 valence electrons. The molecule has 1 fully saturated rings. The largest absolute Gasteiger partial charge is 0.273 e. The smallest absolute Gasteiger partial charge is 0.245 e. The van der Waals surface area contributed by atoms with Gasteiger partial charge in [-0.25, -0.2) is 0 Å².